The van der Waals surface area contributed by atoms with Crippen LogP contribution in [0.25, 0.3) is 0 Å². The highest BCUT2D eigenvalue weighted by Gasteiger charge is 2.20. The van der Waals surface area contributed by atoms with E-state index >= 15 is 0 Å². The van der Waals surface area contributed by atoms with E-state index in [-0.39, 0.29) is 5.41 Å². The topological polar surface area (TPSA) is 29.5 Å². The zero-order valence-corrected chi connectivity index (χ0v) is 14.0. The first-order chi connectivity index (χ1) is 10.3. The van der Waals surface area contributed by atoms with Gasteiger partial charge in [-0.1, -0.05) is 50.6 Å². The Morgan fingerprint density at radius 3 is 2.32 bits per heavy atom. The van der Waals surface area contributed by atoms with Crippen molar-refractivity contribution < 1.29 is 9.53 Å². The number of nitrogens with zero attached hydrogens (tertiary/aromatic N) is 1. The van der Waals surface area contributed by atoms with Crippen LogP contribution in [0.15, 0.2) is 48.5 Å². The van der Waals surface area contributed by atoms with E-state index in [1.165, 1.54) is 4.90 Å². The van der Waals surface area contributed by atoms with Gasteiger partial charge in [0, 0.05) is 17.8 Å². The molecule has 0 bridgehead atoms. The van der Waals surface area contributed by atoms with Gasteiger partial charge in [-0.2, -0.15) is 0 Å². The van der Waals surface area contributed by atoms with Crippen LogP contribution in [0, 0.1) is 0 Å². The summed E-state index contributed by atoms with van der Waals surface area (Å²) in [7, 11) is 1.68. The van der Waals surface area contributed by atoms with Crippen LogP contribution in [0.3, 0.4) is 0 Å². The van der Waals surface area contributed by atoms with Crippen LogP contribution >= 0.6 is 11.6 Å². The molecule has 0 saturated heterocycles. The van der Waals surface area contributed by atoms with Crippen molar-refractivity contribution in [2.75, 3.05) is 11.9 Å². The summed E-state index contributed by atoms with van der Waals surface area (Å²) >= 11 is 6.22. The van der Waals surface area contributed by atoms with Crippen LogP contribution in [0.2, 0.25) is 5.02 Å². The summed E-state index contributed by atoms with van der Waals surface area (Å²) in [6, 6.07) is 14.6. The summed E-state index contributed by atoms with van der Waals surface area (Å²) < 4.78 is 5.45. The molecule has 0 aromatic heterocycles. The third-order valence-electron chi connectivity index (χ3n) is 3.37. The Hall–Kier alpha value is -2.00. The number of carbonyl (C=O) groups is 1. The van der Waals surface area contributed by atoms with Crippen molar-refractivity contribution in [3.63, 3.8) is 0 Å². The molecule has 3 nitrogen and oxygen atoms in total. The van der Waals surface area contributed by atoms with Gasteiger partial charge in [0.2, 0.25) is 0 Å². The van der Waals surface area contributed by atoms with Gasteiger partial charge in [-0.25, -0.2) is 4.79 Å². The second-order valence-electron chi connectivity index (χ2n) is 6.15. The van der Waals surface area contributed by atoms with Gasteiger partial charge in [0.05, 0.1) is 0 Å². The average Bonchev–Trinajstić information content (AvgIpc) is 2.48. The van der Waals surface area contributed by atoms with Gasteiger partial charge in [-0.15, -0.1) is 0 Å². The van der Waals surface area contributed by atoms with E-state index in [1.807, 2.05) is 36.4 Å². The van der Waals surface area contributed by atoms with Crippen LogP contribution in [0.5, 0.6) is 5.75 Å². The van der Waals surface area contributed by atoms with E-state index < -0.39 is 6.09 Å². The SMILES string of the molecule is CN(C(=O)Oc1ccc(Cl)c(C(C)(C)C)c1)c1ccccc1. The number of para-hydroxylation sites is 1. The van der Waals surface area contributed by atoms with Crippen molar-refractivity contribution >= 4 is 23.4 Å². The number of rotatable bonds is 2. The van der Waals surface area contributed by atoms with E-state index in [2.05, 4.69) is 20.8 Å². The molecule has 0 heterocycles. The smallest absolute Gasteiger partial charge is 0.410 e. The van der Waals surface area contributed by atoms with Crippen molar-refractivity contribution in [3.05, 3.63) is 59.1 Å². The summed E-state index contributed by atoms with van der Waals surface area (Å²) in [5.41, 5.74) is 1.60. The number of hydrogen-bond donors (Lipinski definition) is 0. The van der Waals surface area contributed by atoms with Gasteiger partial charge in [-0.3, -0.25) is 4.90 Å². The first-order valence-corrected chi connectivity index (χ1v) is 7.47. The Bertz CT molecular complexity index is 663. The number of ether oxygens (including phenoxy) is 1. The molecule has 0 spiro atoms. The number of amides is 1. The predicted octanol–water partition coefficient (Wildman–Crippen LogP) is 5.27. The molecule has 0 atom stereocenters. The molecule has 2 aromatic carbocycles. The molecule has 0 unspecified atom stereocenters. The lowest BCUT2D eigenvalue weighted by molar-refractivity contribution is 0.209. The standard InChI is InChI=1S/C18H20ClNO2/c1-18(2,3)15-12-14(10-11-16(15)19)22-17(21)20(4)13-8-6-5-7-9-13/h5-12H,1-4H3. The van der Waals surface area contributed by atoms with Gasteiger partial charge in [0.25, 0.3) is 0 Å². The number of benzene rings is 2. The maximum Gasteiger partial charge on any atom is 0.419 e. The maximum atomic E-state index is 12.2. The van der Waals surface area contributed by atoms with Crippen molar-refractivity contribution in [2.45, 2.75) is 26.2 Å². The molecule has 4 heteroatoms. The Morgan fingerprint density at radius 1 is 1.09 bits per heavy atom. The molecule has 0 aliphatic heterocycles. The van der Waals surface area contributed by atoms with Crippen molar-refractivity contribution in [3.8, 4) is 5.75 Å². The van der Waals surface area contributed by atoms with E-state index in [1.54, 1.807) is 19.2 Å². The fourth-order valence-electron chi connectivity index (χ4n) is 2.07. The van der Waals surface area contributed by atoms with E-state index in [4.69, 9.17) is 16.3 Å². The molecule has 0 aliphatic rings. The third-order valence-corrected chi connectivity index (χ3v) is 3.70. The number of halogens is 1. The quantitative estimate of drug-likeness (QED) is 0.755. The molecule has 0 radical (unpaired) electrons. The molecule has 1 amide bonds. The number of anilines is 1. The Labute approximate surface area is 136 Å². The molecule has 2 rings (SSSR count). The summed E-state index contributed by atoms with van der Waals surface area (Å²) in [4.78, 5) is 13.7. The minimum atomic E-state index is -0.437. The fraction of sp³-hybridized carbons (Fsp3) is 0.278. The van der Waals surface area contributed by atoms with Gasteiger partial charge in [0.15, 0.2) is 0 Å². The average molecular weight is 318 g/mol. The normalized spacial score (nSPS) is 11.1. The summed E-state index contributed by atoms with van der Waals surface area (Å²) in [6.07, 6.45) is -0.437. The second-order valence-corrected chi connectivity index (χ2v) is 6.56. The first-order valence-electron chi connectivity index (χ1n) is 7.09. The zero-order chi connectivity index (χ0) is 16.3. The summed E-state index contributed by atoms with van der Waals surface area (Å²) in [5.74, 6) is 0.488. The van der Waals surface area contributed by atoms with Gasteiger partial charge in [-0.05, 0) is 41.3 Å². The summed E-state index contributed by atoms with van der Waals surface area (Å²) in [5, 5.41) is 0.670. The first kappa shape index (κ1) is 16.4. The highest BCUT2D eigenvalue weighted by Crippen LogP contribution is 2.32. The molecular formula is C18H20ClNO2. The Kier molecular flexibility index (Phi) is 4.77. The zero-order valence-electron chi connectivity index (χ0n) is 13.3. The molecule has 22 heavy (non-hydrogen) atoms. The predicted molar refractivity (Wildman–Crippen MR) is 91.0 cm³/mol. The van der Waals surface area contributed by atoms with E-state index in [0.717, 1.165) is 11.3 Å². The van der Waals surface area contributed by atoms with E-state index in [9.17, 15) is 4.79 Å². The monoisotopic (exact) mass is 317 g/mol. The number of hydrogen-bond acceptors (Lipinski definition) is 2. The molecule has 0 N–H and O–H groups in total. The number of carbonyl (C=O) groups excluding carboxylic acids is 1. The minimum absolute atomic E-state index is 0.120. The largest absolute Gasteiger partial charge is 0.419 e. The second kappa shape index (κ2) is 6.41. The van der Waals surface area contributed by atoms with E-state index in [0.29, 0.717) is 10.8 Å². The summed E-state index contributed by atoms with van der Waals surface area (Å²) in [6.45, 7) is 6.20. The molecule has 116 valence electrons. The Morgan fingerprint density at radius 2 is 1.73 bits per heavy atom. The highest BCUT2D eigenvalue weighted by atomic mass is 35.5. The molecule has 0 saturated carbocycles. The van der Waals surface area contributed by atoms with Crippen LogP contribution in [-0.2, 0) is 5.41 Å². The lowest BCUT2D eigenvalue weighted by Crippen LogP contribution is -2.29. The van der Waals surface area contributed by atoms with Crippen molar-refractivity contribution in [1.82, 2.24) is 0 Å². The van der Waals surface area contributed by atoms with Crippen LogP contribution in [-0.4, -0.2) is 13.1 Å². The van der Waals surface area contributed by atoms with Crippen LogP contribution < -0.4 is 9.64 Å². The molecule has 0 aliphatic carbocycles. The third kappa shape index (κ3) is 3.80. The maximum absolute atomic E-state index is 12.2. The Balaban J connectivity index is 2.19. The highest BCUT2D eigenvalue weighted by molar-refractivity contribution is 6.31. The molecular weight excluding hydrogens is 298 g/mol. The molecule has 2 aromatic rings. The van der Waals surface area contributed by atoms with Crippen LogP contribution in [0.4, 0.5) is 10.5 Å². The van der Waals surface area contributed by atoms with Crippen LogP contribution in [0.1, 0.15) is 26.3 Å². The fourth-order valence-corrected chi connectivity index (χ4v) is 2.47. The lowest BCUT2D eigenvalue weighted by atomic mass is 9.87. The van der Waals surface area contributed by atoms with Gasteiger partial charge >= 0.3 is 6.09 Å². The minimum Gasteiger partial charge on any atom is -0.410 e. The van der Waals surface area contributed by atoms with Crippen molar-refractivity contribution in [2.24, 2.45) is 0 Å². The molecule has 0 fully saturated rings. The van der Waals surface area contributed by atoms with Gasteiger partial charge in [0.1, 0.15) is 5.75 Å². The van der Waals surface area contributed by atoms with Gasteiger partial charge < -0.3 is 4.74 Å². The lowest BCUT2D eigenvalue weighted by Gasteiger charge is -2.22. The van der Waals surface area contributed by atoms with Crippen molar-refractivity contribution in [1.29, 1.82) is 0 Å².